The van der Waals surface area contributed by atoms with E-state index >= 15 is 0 Å². The average Bonchev–Trinajstić information content (AvgIpc) is 2.46. The molecule has 1 atom stereocenters. The van der Waals surface area contributed by atoms with Crippen LogP contribution in [0.1, 0.15) is 37.7 Å². The normalized spacial score (nSPS) is 23.7. The van der Waals surface area contributed by atoms with Gasteiger partial charge < -0.3 is 15.4 Å². The van der Waals surface area contributed by atoms with E-state index in [1.165, 1.54) is 19.3 Å². The van der Waals surface area contributed by atoms with Crippen LogP contribution < -0.4 is 15.4 Å². The summed E-state index contributed by atoms with van der Waals surface area (Å²) in [5.74, 6) is 0.791. The third-order valence-electron chi connectivity index (χ3n) is 4.65. The number of ether oxygens (including phenoxy) is 1. The Kier molecular flexibility index (Phi) is 3.54. The second-order valence-corrected chi connectivity index (χ2v) is 5.92. The molecule has 2 fully saturated rings. The maximum absolute atomic E-state index is 9.23. The van der Waals surface area contributed by atoms with Gasteiger partial charge in [0.1, 0.15) is 11.8 Å². The van der Waals surface area contributed by atoms with Crippen LogP contribution in [-0.2, 0) is 0 Å². The fraction of sp³-hybridized carbons (Fsp3) is 0.562. The standard InChI is InChI=1S/C16H21N3O/c1-20-14-4-3-12(11-17)15(9-14)19-13-5-8-18-16(10-13)6-2-7-16/h3-4,9,13,18-19H,2,5-8,10H2,1H3. The van der Waals surface area contributed by atoms with Gasteiger partial charge in [-0.3, -0.25) is 0 Å². The zero-order chi connectivity index (χ0) is 14.0. The zero-order valence-electron chi connectivity index (χ0n) is 11.9. The molecule has 1 saturated carbocycles. The molecule has 3 rings (SSSR count). The third-order valence-corrected chi connectivity index (χ3v) is 4.65. The Hall–Kier alpha value is -1.73. The summed E-state index contributed by atoms with van der Waals surface area (Å²) in [5, 5.41) is 16.5. The number of piperidine rings is 1. The number of nitrogens with zero attached hydrogens (tertiary/aromatic N) is 1. The molecule has 0 radical (unpaired) electrons. The van der Waals surface area contributed by atoms with Crippen LogP contribution in [0.3, 0.4) is 0 Å². The lowest BCUT2D eigenvalue weighted by molar-refractivity contribution is 0.135. The monoisotopic (exact) mass is 271 g/mol. The van der Waals surface area contributed by atoms with Crippen LogP contribution in [0.4, 0.5) is 5.69 Å². The predicted octanol–water partition coefficient (Wildman–Crippen LogP) is 2.65. The Morgan fingerprint density at radius 2 is 2.30 bits per heavy atom. The predicted molar refractivity (Wildman–Crippen MR) is 78.9 cm³/mol. The molecule has 2 aliphatic rings. The molecule has 106 valence electrons. The topological polar surface area (TPSA) is 57.1 Å². The van der Waals surface area contributed by atoms with Gasteiger partial charge in [-0.2, -0.15) is 5.26 Å². The summed E-state index contributed by atoms with van der Waals surface area (Å²) in [4.78, 5) is 0. The van der Waals surface area contributed by atoms with Crippen LogP contribution in [0.25, 0.3) is 0 Å². The lowest BCUT2D eigenvalue weighted by atomic mass is 9.70. The molecule has 1 unspecified atom stereocenters. The van der Waals surface area contributed by atoms with Crippen molar-refractivity contribution in [3.8, 4) is 11.8 Å². The van der Waals surface area contributed by atoms with Crippen LogP contribution in [-0.4, -0.2) is 25.2 Å². The number of rotatable bonds is 3. The van der Waals surface area contributed by atoms with E-state index < -0.39 is 0 Å². The fourth-order valence-corrected chi connectivity index (χ4v) is 3.35. The zero-order valence-corrected chi connectivity index (χ0v) is 11.9. The first-order valence-electron chi connectivity index (χ1n) is 7.34. The van der Waals surface area contributed by atoms with Crippen LogP contribution in [0.2, 0.25) is 0 Å². The van der Waals surface area contributed by atoms with Crippen molar-refractivity contribution in [2.45, 2.75) is 43.7 Å². The number of anilines is 1. The van der Waals surface area contributed by atoms with Crippen molar-refractivity contribution in [2.75, 3.05) is 19.0 Å². The minimum Gasteiger partial charge on any atom is -0.497 e. The van der Waals surface area contributed by atoms with Gasteiger partial charge in [0.05, 0.1) is 18.4 Å². The van der Waals surface area contributed by atoms with E-state index in [1.54, 1.807) is 7.11 Å². The van der Waals surface area contributed by atoms with Gasteiger partial charge >= 0.3 is 0 Å². The summed E-state index contributed by atoms with van der Waals surface area (Å²) in [5.41, 5.74) is 1.95. The number of hydrogen-bond donors (Lipinski definition) is 2. The number of benzene rings is 1. The van der Waals surface area contributed by atoms with E-state index in [4.69, 9.17) is 4.74 Å². The van der Waals surface area contributed by atoms with Gasteiger partial charge in [0.2, 0.25) is 0 Å². The lowest BCUT2D eigenvalue weighted by Gasteiger charge is -2.48. The van der Waals surface area contributed by atoms with Gasteiger partial charge in [-0.25, -0.2) is 0 Å². The van der Waals surface area contributed by atoms with Crippen molar-refractivity contribution < 1.29 is 4.74 Å². The lowest BCUT2D eigenvalue weighted by Crippen LogP contribution is -2.58. The van der Waals surface area contributed by atoms with Crippen molar-refractivity contribution in [2.24, 2.45) is 0 Å². The highest BCUT2D eigenvalue weighted by molar-refractivity contribution is 5.61. The Labute approximate surface area is 120 Å². The van der Waals surface area contributed by atoms with Crippen molar-refractivity contribution in [3.63, 3.8) is 0 Å². The summed E-state index contributed by atoms with van der Waals surface area (Å²) in [6.07, 6.45) is 6.16. The van der Waals surface area contributed by atoms with Crippen molar-refractivity contribution in [3.05, 3.63) is 23.8 Å². The van der Waals surface area contributed by atoms with E-state index in [0.717, 1.165) is 30.8 Å². The largest absolute Gasteiger partial charge is 0.497 e. The molecule has 2 N–H and O–H groups in total. The molecular formula is C16H21N3O. The summed E-state index contributed by atoms with van der Waals surface area (Å²) in [6.45, 7) is 1.06. The van der Waals surface area contributed by atoms with Crippen molar-refractivity contribution in [1.82, 2.24) is 5.32 Å². The molecule has 1 aromatic carbocycles. The molecule has 0 bridgehead atoms. The van der Waals surface area contributed by atoms with Crippen LogP contribution in [0, 0.1) is 11.3 Å². The number of methoxy groups -OCH3 is 1. The maximum Gasteiger partial charge on any atom is 0.121 e. The number of nitriles is 1. The first-order chi connectivity index (χ1) is 9.74. The van der Waals surface area contributed by atoms with Gasteiger partial charge in [-0.05, 0) is 50.8 Å². The Bertz CT molecular complexity index is 531. The van der Waals surface area contributed by atoms with Crippen molar-refractivity contribution in [1.29, 1.82) is 5.26 Å². The molecule has 0 aromatic heterocycles. The van der Waals surface area contributed by atoms with Crippen LogP contribution >= 0.6 is 0 Å². The molecule has 20 heavy (non-hydrogen) atoms. The summed E-state index contributed by atoms with van der Waals surface area (Å²) < 4.78 is 5.26. The van der Waals surface area contributed by atoms with Crippen LogP contribution in [0.15, 0.2) is 18.2 Å². The quantitative estimate of drug-likeness (QED) is 0.887. The SMILES string of the molecule is COc1ccc(C#N)c(NC2CCNC3(CCC3)C2)c1. The van der Waals surface area contributed by atoms with Gasteiger partial charge in [0.15, 0.2) is 0 Å². The first-order valence-corrected chi connectivity index (χ1v) is 7.34. The Morgan fingerprint density at radius 3 is 2.95 bits per heavy atom. The highest BCUT2D eigenvalue weighted by Crippen LogP contribution is 2.39. The fourth-order valence-electron chi connectivity index (χ4n) is 3.35. The van der Waals surface area contributed by atoms with E-state index in [-0.39, 0.29) is 0 Å². The molecule has 1 aliphatic carbocycles. The minimum atomic E-state index is 0.363. The first kappa shape index (κ1) is 13.3. The highest BCUT2D eigenvalue weighted by atomic mass is 16.5. The molecule has 4 heteroatoms. The Balaban J connectivity index is 1.75. The van der Waals surface area contributed by atoms with E-state index in [1.807, 2.05) is 18.2 Å². The molecule has 1 saturated heterocycles. The number of hydrogen-bond acceptors (Lipinski definition) is 4. The van der Waals surface area contributed by atoms with E-state index in [2.05, 4.69) is 16.7 Å². The highest BCUT2D eigenvalue weighted by Gasteiger charge is 2.40. The van der Waals surface area contributed by atoms with Gasteiger partial charge in [0, 0.05) is 17.6 Å². The van der Waals surface area contributed by atoms with Gasteiger partial charge in [-0.1, -0.05) is 0 Å². The van der Waals surface area contributed by atoms with E-state index in [0.29, 0.717) is 17.1 Å². The molecule has 1 heterocycles. The van der Waals surface area contributed by atoms with Crippen LogP contribution in [0.5, 0.6) is 5.75 Å². The summed E-state index contributed by atoms with van der Waals surface area (Å²) in [6, 6.07) is 8.27. The smallest absolute Gasteiger partial charge is 0.121 e. The molecule has 1 spiro atoms. The minimum absolute atomic E-state index is 0.363. The van der Waals surface area contributed by atoms with Gasteiger partial charge in [-0.15, -0.1) is 0 Å². The molecule has 1 aromatic rings. The second-order valence-electron chi connectivity index (χ2n) is 5.92. The third kappa shape index (κ3) is 2.46. The van der Waals surface area contributed by atoms with Gasteiger partial charge in [0.25, 0.3) is 0 Å². The number of nitrogens with one attached hydrogen (secondary N) is 2. The summed E-state index contributed by atoms with van der Waals surface area (Å²) >= 11 is 0. The molecule has 1 aliphatic heterocycles. The molecular weight excluding hydrogens is 250 g/mol. The Morgan fingerprint density at radius 1 is 1.45 bits per heavy atom. The second kappa shape index (κ2) is 5.34. The molecule has 4 nitrogen and oxygen atoms in total. The maximum atomic E-state index is 9.23. The molecule has 0 amide bonds. The van der Waals surface area contributed by atoms with Crippen molar-refractivity contribution >= 4 is 5.69 Å². The summed E-state index contributed by atoms with van der Waals surface area (Å²) in [7, 11) is 1.65. The average molecular weight is 271 g/mol. The van der Waals surface area contributed by atoms with E-state index in [9.17, 15) is 5.26 Å².